The van der Waals surface area contributed by atoms with Crippen LogP contribution < -0.4 is 5.46 Å². The molecule has 5 aromatic carbocycles. The van der Waals surface area contributed by atoms with E-state index in [4.69, 9.17) is 19.3 Å². The molecule has 4 nitrogen and oxygen atoms in total. The van der Waals surface area contributed by atoms with Gasteiger partial charge in [0.05, 0.1) is 22.4 Å². The summed E-state index contributed by atoms with van der Waals surface area (Å²) < 4.78 is 12.7. The second kappa shape index (κ2) is 9.65. The van der Waals surface area contributed by atoms with E-state index in [-0.39, 0.29) is 11.2 Å². The van der Waals surface area contributed by atoms with Crippen molar-refractivity contribution < 1.29 is 9.31 Å². The second-order valence-electron chi connectivity index (χ2n) is 11.7. The Bertz CT molecular complexity index is 1900. The number of benzene rings is 5. The standard InChI is InChI=1S/C36H31BN2O2/c1-35(2)36(3,4)41-37(40-35)29-18-11-16-27(23-29)26-15-10-17-28(22-26)32-31-21-20-24-12-8-9-19-30(24)33(31)39-34(38-32)25-13-6-5-7-14-25/h5-23H,1-4H3. The number of hydrogen-bond donors (Lipinski definition) is 0. The molecule has 1 fully saturated rings. The Morgan fingerprint density at radius 2 is 1.17 bits per heavy atom. The predicted molar refractivity (Wildman–Crippen MR) is 169 cm³/mol. The molecule has 6 aromatic rings. The van der Waals surface area contributed by atoms with Crippen molar-refractivity contribution in [3.8, 4) is 33.8 Å². The molecule has 0 N–H and O–H groups in total. The van der Waals surface area contributed by atoms with Gasteiger partial charge >= 0.3 is 7.12 Å². The summed E-state index contributed by atoms with van der Waals surface area (Å²) in [6.45, 7) is 8.33. The highest BCUT2D eigenvalue weighted by atomic mass is 16.7. The fourth-order valence-electron chi connectivity index (χ4n) is 5.49. The Morgan fingerprint density at radius 3 is 1.95 bits per heavy atom. The highest BCUT2D eigenvalue weighted by Gasteiger charge is 2.51. The molecule has 0 saturated carbocycles. The van der Waals surface area contributed by atoms with E-state index in [2.05, 4.69) is 125 Å². The molecule has 7 rings (SSSR count). The first-order valence-electron chi connectivity index (χ1n) is 14.1. The van der Waals surface area contributed by atoms with E-state index in [9.17, 15) is 0 Å². The molecule has 1 aromatic heterocycles. The molecule has 200 valence electrons. The Balaban J connectivity index is 1.36. The van der Waals surface area contributed by atoms with Crippen LogP contribution in [0.5, 0.6) is 0 Å². The van der Waals surface area contributed by atoms with Gasteiger partial charge in [-0.1, -0.05) is 103 Å². The number of fused-ring (bicyclic) bond motifs is 3. The van der Waals surface area contributed by atoms with Crippen LogP contribution in [0, 0.1) is 0 Å². The Kier molecular flexibility index (Phi) is 6.04. The molecule has 0 unspecified atom stereocenters. The number of rotatable bonds is 4. The third kappa shape index (κ3) is 4.52. The summed E-state index contributed by atoms with van der Waals surface area (Å²) >= 11 is 0. The normalized spacial score (nSPS) is 16.0. The summed E-state index contributed by atoms with van der Waals surface area (Å²) in [5.74, 6) is 0.720. The largest absolute Gasteiger partial charge is 0.494 e. The van der Waals surface area contributed by atoms with Crippen molar-refractivity contribution in [2.75, 3.05) is 0 Å². The monoisotopic (exact) mass is 534 g/mol. The summed E-state index contributed by atoms with van der Waals surface area (Å²) in [4.78, 5) is 10.2. The van der Waals surface area contributed by atoms with Crippen molar-refractivity contribution in [2.45, 2.75) is 38.9 Å². The first-order valence-corrected chi connectivity index (χ1v) is 14.1. The summed E-state index contributed by atoms with van der Waals surface area (Å²) in [6.07, 6.45) is 0. The fourth-order valence-corrected chi connectivity index (χ4v) is 5.49. The number of hydrogen-bond acceptors (Lipinski definition) is 4. The van der Waals surface area contributed by atoms with Crippen LogP contribution in [0.4, 0.5) is 0 Å². The first kappa shape index (κ1) is 25.6. The van der Waals surface area contributed by atoms with Crippen LogP contribution in [0.2, 0.25) is 0 Å². The molecule has 1 aliphatic rings. The minimum absolute atomic E-state index is 0.387. The SMILES string of the molecule is CC1(C)OB(c2cccc(-c3cccc(-c4nc(-c5ccccc5)nc5c4ccc4ccccc45)c3)c2)OC1(C)C. The molecule has 0 spiro atoms. The minimum Gasteiger partial charge on any atom is -0.399 e. The van der Waals surface area contributed by atoms with Crippen LogP contribution in [-0.4, -0.2) is 28.3 Å². The third-order valence-corrected chi connectivity index (χ3v) is 8.50. The van der Waals surface area contributed by atoms with Crippen LogP contribution in [-0.2, 0) is 9.31 Å². The van der Waals surface area contributed by atoms with E-state index in [0.717, 1.165) is 60.9 Å². The fraction of sp³-hybridized carbons (Fsp3) is 0.167. The van der Waals surface area contributed by atoms with Crippen molar-refractivity contribution in [1.29, 1.82) is 0 Å². The van der Waals surface area contributed by atoms with Crippen LogP contribution in [0.1, 0.15) is 27.7 Å². The Labute approximate surface area is 241 Å². The van der Waals surface area contributed by atoms with Crippen LogP contribution in [0.15, 0.2) is 115 Å². The van der Waals surface area contributed by atoms with Gasteiger partial charge in [-0.05, 0) is 61.8 Å². The molecular weight excluding hydrogens is 503 g/mol. The van der Waals surface area contributed by atoms with Crippen molar-refractivity contribution in [2.24, 2.45) is 0 Å². The van der Waals surface area contributed by atoms with Gasteiger partial charge in [-0.15, -0.1) is 0 Å². The van der Waals surface area contributed by atoms with E-state index < -0.39 is 7.12 Å². The van der Waals surface area contributed by atoms with Crippen LogP contribution >= 0.6 is 0 Å². The van der Waals surface area contributed by atoms with E-state index in [1.807, 2.05) is 18.2 Å². The van der Waals surface area contributed by atoms with Gasteiger partial charge in [-0.3, -0.25) is 0 Å². The zero-order valence-electron chi connectivity index (χ0n) is 23.8. The van der Waals surface area contributed by atoms with E-state index in [1.54, 1.807) is 0 Å². The van der Waals surface area contributed by atoms with Gasteiger partial charge in [-0.2, -0.15) is 0 Å². The highest BCUT2D eigenvalue weighted by Crippen LogP contribution is 2.37. The average molecular weight is 534 g/mol. The predicted octanol–water partition coefficient (Wildman–Crippen LogP) is 8.08. The maximum atomic E-state index is 6.33. The lowest BCUT2D eigenvalue weighted by atomic mass is 9.78. The molecule has 1 aliphatic heterocycles. The summed E-state index contributed by atoms with van der Waals surface area (Å²) in [6, 6.07) is 39.9. The summed E-state index contributed by atoms with van der Waals surface area (Å²) in [5.41, 5.74) is 6.37. The lowest BCUT2D eigenvalue weighted by Gasteiger charge is -2.32. The number of nitrogens with zero attached hydrogens (tertiary/aromatic N) is 2. The zero-order valence-corrected chi connectivity index (χ0v) is 23.8. The maximum absolute atomic E-state index is 6.33. The van der Waals surface area contributed by atoms with Crippen LogP contribution in [0.25, 0.3) is 55.4 Å². The maximum Gasteiger partial charge on any atom is 0.494 e. The van der Waals surface area contributed by atoms with Gasteiger partial charge in [0.25, 0.3) is 0 Å². The van der Waals surface area contributed by atoms with Crippen LogP contribution in [0.3, 0.4) is 0 Å². The Hall–Kier alpha value is -4.32. The van der Waals surface area contributed by atoms with Crippen molar-refractivity contribution in [1.82, 2.24) is 9.97 Å². The molecule has 0 bridgehead atoms. The summed E-state index contributed by atoms with van der Waals surface area (Å²) in [5, 5.41) is 3.32. The van der Waals surface area contributed by atoms with Gasteiger partial charge in [-0.25, -0.2) is 9.97 Å². The second-order valence-corrected chi connectivity index (χ2v) is 11.7. The zero-order chi connectivity index (χ0) is 28.2. The molecule has 41 heavy (non-hydrogen) atoms. The molecule has 2 heterocycles. The van der Waals surface area contributed by atoms with E-state index in [0.29, 0.717) is 0 Å². The topological polar surface area (TPSA) is 44.2 Å². The van der Waals surface area contributed by atoms with Crippen molar-refractivity contribution in [3.05, 3.63) is 115 Å². The molecular formula is C36H31BN2O2. The molecule has 1 saturated heterocycles. The molecule has 0 atom stereocenters. The van der Waals surface area contributed by atoms with Crippen molar-refractivity contribution in [3.63, 3.8) is 0 Å². The molecule has 5 heteroatoms. The molecule has 0 radical (unpaired) electrons. The smallest absolute Gasteiger partial charge is 0.399 e. The highest BCUT2D eigenvalue weighted by molar-refractivity contribution is 6.62. The van der Waals surface area contributed by atoms with Gasteiger partial charge in [0.15, 0.2) is 5.82 Å². The van der Waals surface area contributed by atoms with E-state index in [1.165, 1.54) is 0 Å². The summed E-state index contributed by atoms with van der Waals surface area (Å²) in [7, 11) is -0.407. The lowest BCUT2D eigenvalue weighted by molar-refractivity contribution is 0.00578. The van der Waals surface area contributed by atoms with Gasteiger partial charge < -0.3 is 9.31 Å². The Morgan fingerprint density at radius 1 is 0.537 bits per heavy atom. The molecule has 0 amide bonds. The average Bonchev–Trinajstić information content (AvgIpc) is 3.23. The van der Waals surface area contributed by atoms with Gasteiger partial charge in [0, 0.05) is 21.9 Å². The lowest BCUT2D eigenvalue weighted by Crippen LogP contribution is -2.41. The first-order chi connectivity index (χ1) is 19.8. The third-order valence-electron chi connectivity index (χ3n) is 8.50. The quantitative estimate of drug-likeness (QED) is 0.169. The van der Waals surface area contributed by atoms with Crippen molar-refractivity contribution >= 4 is 34.3 Å². The van der Waals surface area contributed by atoms with E-state index >= 15 is 0 Å². The van der Waals surface area contributed by atoms with Gasteiger partial charge in [0.2, 0.25) is 0 Å². The minimum atomic E-state index is -0.407. The van der Waals surface area contributed by atoms with Gasteiger partial charge in [0.1, 0.15) is 0 Å². The number of aromatic nitrogens is 2. The molecule has 0 aliphatic carbocycles.